The van der Waals surface area contributed by atoms with Crippen LogP contribution in [0.2, 0.25) is 0 Å². The number of hydrogen-bond donors (Lipinski definition) is 0. The Morgan fingerprint density at radius 1 is 1.29 bits per heavy atom. The Balaban J connectivity index is 2.31. The zero-order valence-corrected chi connectivity index (χ0v) is 13.3. The third-order valence-electron chi connectivity index (χ3n) is 3.32. The molecule has 0 saturated heterocycles. The molecule has 1 aliphatic carbocycles. The van der Waals surface area contributed by atoms with Gasteiger partial charge in [0.05, 0.1) is 24.4 Å². The van der Waals surface area contributed by atoms with Crippen molar-refractivity contribution in [1.29, 1.82) is 0 Å². The van der Waals surface area contributed by atoms with Gasteiger partial charge in [0, 0.05) is 5.33 Å². The van der Waals surface area contributed by atoms with Crippen LogP contribution in [0.15, 0.2) is 0 Å². The fraction of sp³-hybridized carbons (Fsp3) is 1.00. The predicted molar refractivity (Wildman–Crippen MR) is 75.8 cm³/mol. The van der Waals surface area contributed by atoms with E-state index in [1.807, 2.05) is 0 Å². The molecule has 1 saturated carbocycles. The Labute approximate surface area is 115 Å². The van der Waals surface area contributed by atoms with Crippen LogP contribution in [0.3, 0.4) is 0 Å². The molecular formula is C14H27BrO2. The molecule has 0 aliphatic heterocycles. The second-order valence-corrected chi connectivity index (χ2v) is 6.89. The maximum absolute atomic E-state index is 6.11. The lowest BCUT2D eigenvalue weighted by molar-refractivity contribution is -0.101. The number of ether oxygens (including phenoxy) is 2. The molecule has 102 valence electrons. The highest BCUT2D eigenvalue weighted by Crippen LogP contribution is 2.36. The topological polar surface area (TPSA) is 18.5 Å². The number of alkyl halides is 1. The number of halogens is 1. The van der Waals surface area contributed by atoms with Gasteiger partial charge in [-0.15, -0.1) is 0 Å². The van der Waals surface area contributed by atoms with Gasteiger partial charge in [0.2, 0.25) is 0 Å². The molecule has 0 bridgehead atoms. The quantitative estimate of drug-likeness (QED) is 0.561. The van der Waals surface area contributed by atoms with Gasteiger partial charge in [-0.1, -0.05) is 35.7 Å². The van der Waals surface area contributed by atoms with Crippen LogP contribution in [0.5, 0.6) is 0 Å². The third kappa shape index (κ3) is 5.71. The van der Waals surface area contributed by atoms with Crippen molar-refractivity contribution < 1.29 is 9.47 Å². The summed E-state index contributed by atoms with van der Waals surface area (Å²) < 4.78 is 11.8. The van der Waals surface area contributed by atoms with Crippen molar-refractivity contribution in [3.8, 4) is 0 Å². The van der Waals surface area contributed by atoms with Crippen molar-refractivity contribution in [2.24, 2.45) is 5.92 Å². The second kappa shape index (κ2) is 6.53. The fourth-order valence-corrected chi connectivity index (χ4v) is 3.18. The van der Waals surface area contributed by atoms with E-state index in [0.29, 0.717) is 13.2 Å². The molecule has 0 spiro atoms. The van der Waals surface area contributed by atoms with Crippen LogP contribution < -0.4 is 0 Å². The largest absolute Gasteiger partial charge is 0.373 e. The van der Waals surface area contributed by atoms with Crippen molar-refractivity contribution in [2.45, 2.75) is 64.6 Å². The fourth-order valence-electron chi connectivity index (χ4n) is 2.51. The van der Waals surface area contributed by atoms with Crippen LogP contribution in [-0.2, 0) is 9.47 Å². The van der Waals surface area contributed by atoms with Crippen LogP contribution in [0.4, 0.5) is 0 Å². The van der Waals surface area contributed by atoms with E-state index in [0.717, 1.165) is 11.2 Å². The lowest BCUT2D eigenvalue weighted by Gasteiger charge is -2.39. The first-order chi connectivity index (χ1) is 7.87. The van der Waals surface area contributed by atoms with E-state index in [2.05, 4.69) is 43.6 Å². The molecule has 2 atom stereocenters. The Bertz CT molecular complexity index is 225. The van der Waals surface area contributed by atoms with Gasteiger partial charge in [-0.2, -0.15) is 0 Å². The molecule has 2 unspecified atom stereocenters. The first-order valence-electron chi connectivity index (χ1n) is 6.71. The van der Waals surface area contributed by atoms with Crippen molar-refractivity contribution in [2.75, 3.05) is 18.5 Å². The zero-order chi connectivity index (χ0) is 12.9. The van der Waals surface area contributed by atoms with Crippen LogP contribution in [0.1, 0.15) is 53.4 Å². The van der Waals surface area contributed by atoms with E-state index in [4.69, 9.17) is 9.47 Å². The molecule has 0 amide bonds. The number of rotatable bonds is 5. The molecular weight excluding hydrogens is 280 g/mol. The summed E-state index contributed by atoms with van der Waals surface area (Å²) in [4.78, 5) is 0. The van der Waals surface area contributed by atoms with Crippen molar-refractivity contribution in [3.05, 3.63) is 0 Å². The summed E-state index contributed by atoms with van der Waals surface area (Å²) in [5.41, 5.74) is -0.0102. The Hall–Kier alpha value is 0.400. The molecule has 1 fully saturated rings. The minimum Gasteiger partial charge on any atom is -0.373 e. The van der Waals surface area contributed by atoms with Gasteiger partial charge in [-0.3, -0.25) is 0 Å². The van der Waals surface area contributed by atoms with Crippen LogP contribution in [-0.4, -0.2) is 29.7 Å². The van der Waals surface area contributed by atoms with E-state index >= 15 is 0 Å². The molecule has 2 nitrogen and oxygen atoms in total. The molecule has 1 aliphatic rings. The summed E-state index contributed by atoms with van der Waals surface area (Å²) in [5.74, 6) is 0.782. The maximum Gasteiger partial charge on any atom is 0.0782 e. The van der Waals surface area contributed by atoms with Gasteiger partial charge < -0.3 is 9.47 Å². The highest BCUT2D eigenvalue weighted by atomic mass is 79.9. The monoisotopic (exact) mass is 306 g/mol. The molecule has 1 rings (SSSR count). The summed E-state index contributed by atoms with van der Waals surface area (Å²) >= 11 is 3.62. The summed E-state index contributed by atoms with van der Waals surface area (Å²) in [6.07, 6.45) is 4.98. The van der Waals surface area contributed by atoms with Gasteiger partial charge in [-0.05, 0) is 39.5 Å². The average Bonchev–Trinajstić information content (AvgIpc) is 2.23. The first kappa shape index (κ1) is 15.5. The lowest BCUT2D eigenvalue weighted by atomic mass is 9.80. The minimum atomic E-state index is -0.0647. The molecule has 3 heteroatoms. The Morgan fingerprint density at radius 3 is 2.53 bits per heavy atom. The summed E-state index contributed by atoms with van der Waals surface area (Å²) in [7, 11) is 0. The lowest BCUT2D eigenvalue weighted by Crippen LogP contribution is -2.40. The third-order valence-corrected chi connectivity index (χ3v) is 4.34. The minimum absolute atomic E-state index is 0.0545. The highest BCUT2D eigenvalue weighted by Gasteiger charge is 2.34. The van der Waals surface area contributed by atoms with Gasteiger partial charge >= 0.3 is 0 Å². The smallest absolute Gasteiger partial charge is 0.0782 e. The van der Waals surface area contributed by atoms with Crippen LogP contribution in [0.25, 0.3) is 0 Å². The summed E-state index contributed by atoms with van der Waals surface area (Å²) in [6, 6.07) is 0. The second-order valence-electron chi connectivity index (χ2n) is 6.33. The maximum atomic E-state index is 6.11. The van der Waals surface area contributed by atoms with Gasteiger partial charge in [0.1, 0.15) is 0 Å². The molecule has 0 N–H and O–H groups in total. The highest BCUT2D eigenvalue weighted by molar-refractivity contribution is 9.09. The van der Waals surface area contributed by atoms with Crippen LogP contribution >= 0.6 is 15.9 Å². The SMILES string of the molecule is CC1CCCC(CBr)(OCCOC(C)(C)C)C1. The van der Waals surface area contributed by atoms with Crippen molar-refractivity contribution in [1.82, 2.24) is 0 Å². The molecule has 0 aromatic rings. The predicted octanol–water partition coefficient (Wildman–Crippen LogP) is 4.16. The van der Waals surface area contributed by atoms with Crippen molar-refractivity contribution >= 4 is 15.9 Å². The summed E-state index contributed by atoms with van der Waals surface area (Å²) in [6.45, 7) is 9.95. The first-order valence-corrected chi connectivity index (χ1v) is 7.83. The Morgan fingerprint density at radius 2 is 2.00 bits per heavy atom. The summed E-state index contributed by atoms with van der Waals surface area (Å²) in [5, 5.41) is 0.944. The van der Waals surface area contributed by atoms with E-state index in [1.165, 1.54) is 25.7 Å². The van der Waals surface area contributed by atoms with E-state index in [9.17, 15) is 0 Å². The van der Waals surface area contributed by atoms with E-state index < -0.39 is 0 Å². The van der Waals surface area contributed by atoms with Gasteiger partial charge in [0.25, 0.3) is 0 Å². The molecule has 17 heavy (non-hydrogen) atoms. The standard InChI is InChI=1S/C14H27BrO2/c1-12-6-5-7-14(10-12,11-15)17-9-8-16-13(2,3)4/h12H,5-11H2,1-4H3. The van der Waals surface area contributed by atoms with E-state index in [1.54, 1.807) is 0 Å². The van der Waals surface area contributed by atoms with Gasteiger partial charge in [-0.25, -0.2) is 0 Å². The molecule has 0 aromatic carbocycles. The van der Waals surface area contributed by atoms with Crippen LogP contribution in [0, 0.1) is 5.92 Å². The van der Waals surface area contributed by atoms with Crippen molar-refractivity contribution in [3.63, 3.8) is 0 Å². The molecule has 0 aromatic heterocycles. The normalized spacial score (nSPS) is 30.5. The number of hydrogen-bond acceptors (Lipinski definition) is 2. The van der Waals surface area contributed by atoms with Gasteiger partial charge in [0.15, 0.2) is 0 Å². The Kier molecular flexibility index (Phi) is 5.94. The molecule has 0 radical (unpaired) electrons. The molecule has 0 heterocycles. The average molecular weight is 307 g/mol. The van der Waals surface area contributed by atoms with E-state index in [-0.39, 0.29) is 11.2 Å². The zero-order valence-electron chi connectivity index (χ0n) is 11.7.